The van der Waals surface area contributed by atoms with E-state index in [4.69, 9.17) is 15.4 Å². The van der Waals surface area contributed by atoms with E-state index in [0.717, 1.165) is 5.56 Å². The molecule has 2 aromatic rings. The summed E-state index contributed by atoms with van der Waals surface area (Å²) in [6.07, 6.45) is 0. The van der Waals surface area contributed by atoms with E-state index in [9.17, 15) is 4.79 Å². The minimum atomic E-state index is -0.669. The van der Waals surface area contributed by atoms with Crippen LogP contribution in [-0.2, 0) is 0 Å². The molecule has 0 saturated heterocycles. The summed E-state index contributed by atoms with van der Waals surface area (Å²) in [7, 11) is 0. The number of nitrogens with one attached hydrogen (secondary N) is 1. The Labute approximate surface area is 97.8 Å². The number of rotatable bonds is 2. The Balaban J connectivity index is 2.50. The number of nitrogens with zero attached hydrogens (tertiary/aromatic N) is 1. The third-order valence-electron chi connectivity index (χ3n) is 2.87. The maximum absolute atomic E-state index is 11.0. The zero-order valence-corrected chi connectivity index (χ0v) is 9.65. The van der Waals surface area contributed by atoms with Crippen molar-refractivity contribution in [1.82, 2.24) is 4.98 Å². The number of hydrogen-bond acceptors (Lipinski definition) is 4. The normalized spacial score (nSPS) is 13.5. The van der Waals surface area contributed by atoms with Crippen LogP contribution in [0, 0.1) is 16.7 Å². The van der Waals surface area contributed by atoms with E-state index < -0.39 is 17.2 Å². The van der Waals surface area contributed by atoms with E-state index in [1.807, 2.05) is 0 Å². The molecule has 0 aliphatic carbocycles. The molecule has 1 heterocycles. The zero-order chi connectivity index (χ0) is 12.6. The Morgan fingerprint density at radius 2 is 2.24 bits per heavy atom. The van der Waals surface area contributed by atoms with Crippen molar-refractivity contribution in [1.29, 1.82) is 5.26 Å². The highest BCUT2D eigenvalue weighted by atomic mass is 16.4. The number of nitrogens with two attached hydrogens (primary N) is 1. The zero-order valence-electron chi connectivity index (χ0n) is 9.65. The van der Waals surface area contributed by atoms with Gasteiger partial charge in [-0.3, -0.25) is 4.98 Å². The van der Waals surface area contributed by atoms with Gasteiger partial charge in [-0.25, -0.2) is 4.79 Å². The number of oxazole rings is 1. The van der Waals surface area contributed by atoms with Crippen LogP contribution in [0.25, 0.3) is 11.1 Å². The minimum Gasteiger partial charge on any atom is -0.408 e. The summed E-state index contributed by atoms with van der Waals surface area (Å²) >= 11 is 0. The molecular weight excluding hydrogens is 218 g/mol. The van der Waals surface area contributed by atoms with Crippen LogP contribution in [0.1, 0.15) is 25.5 Å². The molecule has 0 amide bonds. The van der Waals surface area contributed by atoms with Gasteiger partial charge in [0, 0.05) is 6.04 Å². The summed E-state index contributed by atoms with van der Waals surface area (Å²) in [5.74, 6) is -0.495. The van der Waals surface area contributed by atoms with Crippen LogP contribution in [0.4, 0.5) is 0 Å². The van der Waals surface area contributed by atoms with Crippen LogP contribution < -0.4 is 11.5 Å². The van der Waals surface area contributed by atoms with Crippen LogP contribution in [0.5, 0.6) is 0 Å². The molecule has 0 spiro atoms. The van der Waals surface area contributed by atoms with Gasteiger partial charge in [-0.05, 0) is 31.5 Å². The van der Waals surface area contributed by atoms with Crippen molar-refractivity contribution in [3.05, 3.63) is 34.3 Å². The number of hydrogen-bond donors (Lipinski definition) is 2. The van der Waals surface area contributed by atoms with Gasteiger partial charge < -0.3 is 10.2 Å². The van der Waals surface area contributed by atoms with Crippen molar-refractivity contribution in [2.75, 3.05) is 0 Å². The van der Waals surface area contributed by atoms with E-state index in [1.54, 1.807) is 32.0 Å². The SMILES string of the molecule is CC(C)(C#N)C(N)c1ccc2oc(=O)[nH]c2c1. The molecule has 0 radical (unpaired) electrons. The number of benzene rings is 1. The van der Waals surface area contributed by atoms with E-state index >= 15 is 0 Å². The molecule has 1 unspecified atom stereocenters. The third kappa shape index (κ3) is 1.95. The van der Waals surface area contributed by atoms with Crippen molar-refractivity contribution in [2.24, 2.45) is 11.1 Å². The second kappa shape index (κ2) is 3.75. The molecule has 1 aromatic carbocycles. The van der Waals surface area contributed by atoms with Gasteiger partial charge >= 0.3 is 5.76 Å². The first-order chi connectivity index (χ1) is 7.94. The maximum Gasteiger partial charge on any atom is 0.417 e. The van der Waals surface area contributed by atoms with Gasteiger partial charge in [-0.1, -0.05) is 6.07 Å². The predicted octanol–water partition coefficient (Wildman–Crippen LogP) is 1.67. The van der Waals surface area contributed by atoms with Gasteiger partial charge in [0.25, 0.3) is 0 Å². The van der Waals surface area contributed by atoms with Gasteiger partial charge in [0.05, 0.1) is 17.0 Å². The molecule has 0 fully saturated rings. The average Bonchev–Trinajstić information content (AvgIpc) is 2.66. The number of H-pyrrole nitrogens is 1. The molecule has 5 nitrogen and oxygen atoms in total. The highest BCUT2D eigenvalue weighted by molar-refractivity contribution is 5.73. The van der Waals surface area contributed by atoms with Gasteiger partial charge in [0.1, 0.15) is 0 Å². The lowest BCUT2D eigenvalue weighted by atomic mass is 9.82. The topological polar surface area (TPSA) is 95.8 Å². The lowest BCUT2D eigenvalue weighted by Gasteiger charge is -2.24. The Bertz CT molecular complexity index is 646. The number of fused-ring (bicyclic) bond motifs is 1. The summed E-state index contributed by atoms with van der Waals surface area (Å²) in [4.78, 5) is 13.6. The summed E-state index contributed by atoms with van der Waals surface area (Å²) in [6, 6.07) is 6.93. The lowest BCUT2D eigenvalue weighted by Crippen LogP contribution is -2.27. The summed E-state index contributed by atoms with van der Waals surface area (Å²) < 4.78 is 4.90. The Hall–Kier alpha value is -2.06. The van der Waals surface area contributed by atoms with Gasteiger partial charge in [-0.15, -0.1) is 0 Å². The molecule has 17 heavy (non-hydrogen) atoms. The van der Waals surface area contributed by atoms with Crippen LogP contribution >= 0.6 is 0 Å². The van der Waals surface area contributed by atoms with E-state index in [-0.39, 0.29) is 0 Å². The predicted molar refractivity (Wildman–Crippen MR) is 63.2 cm³/mol. The Morgan fingerprint density at radius 3 is 2.88 bits per heavy atom. The van der Waals surface area contributed by atoms with Crippen LogP contribution in [0.15, 0.2) is 27.4 Å². The van der Waals surface area contributed by atoms with E-state index in [2.05, 4.69) is 11.1 Å². The van der Waals surface area contributed by atoms with Crippen molar-refractivity contribution in [3.8, 4) is 6.07 Å². The number of aromatic nitrogens is 1. The Morgan fingerprint density at radius 1 is 1.53 bits per heavy atom. The van der Waals surface area contributed by atoms with E-state index in [1.165, 1.54) is 0 Å². The average molecular weight is 231 g/mol. The van der Waals surface area contributed by atoms with Crippen LogP contribution in [-0.4, -0.2) is 4.98 Å². The van der Waals surface area contributed by atoms with Crippen molar-refractivity contribution < 1.29 is 4.42 Å². The molecule has 88 valence electrons. The van der Waals surface area contributed by atoms with Gasteiger partial charge in [0.15, 0.2) is 5.58 Å². The fourth-order valence-corrected chi connectivity index (χ4v) is 1.65. The number of aromatic amines is 1. The molecule has 3 N–H and O–H groups in total. The summed E-state index contributed by atoms with van der Waals surface area (Å²) in [5.41, 5.74) is 7.24. The molecule has 0 aliphatic rings. The van der Waals surface area contributed by atoms with Crippen molar-refractivity contribution in [3.63, 3.8) is 0 Å². The molecular formula is C12H13N3O2. The first kappa shape index (κ1) is 11.4. The standard InChI is InChI=1S/C12H13N3O2/c1-12(2,6-13)10(14)7-3-4-9-8(5-7)15-11(16)17-9/h3-5,10H,14H2,1-2H3,(H,15,16). The smallest absolute Gasteiger partial charge is 0.408 e. The largest absolute Gasteiger partial charge is 0.417 e. The molecule has 0 saturated carbocycles. The summed E-state index contributed by atoms with van der Waals surface area (Å²) in [5, 5.41) is 9.04. The monoisotopic (exact) mass is 231 g/mol. The Kier molecular flexibility index (Phi) is 2.52. The molecule has 1 aromatic heterocycles. The quantitative estimate of drug-likeness (QED) is 0.821. The number of nitriles is 1. The van der Waals surface area contributed by atoms with Crippen molar-refractivity contribution in [2.45, 2.75) is 19.9 Å². The molecule has 5 heteroatoms. The second-order valence-electron chi connectivity index (χ2n) is 4.58. The molecule has 0 aliphatic heterocycles. The molecule has 0 bridgehead atoms. The fourth-order valence-electron chi connectivity index (χ4n) is 1.65. The minimum absolute atomic E-state index is 0.421. The van der Waals surface area contributed by atoms with Crippen LogP contribution in [0.2, 0.25) is 0 Å². The van der Waals surface area contributed by atoms with Crippen molar-refractivity contribution >= 4 is 11.1 Å². The van der Waals surface area contributed by atoms with Gasteiger partial charge in [0.2, 0.25) is 0 Å². The van der Waals surface area contributed by atoms with Gasteiger partial charge in [-0.2, -0.15) is 5.26 Å². The first-order valence-corrected chi connectivity index (χ1v) is 5.23. The van der Waals surface area contributed by atoms with Crippen LogP contribution in [0.3, 0.4) is 0 Å². The lowest BCUT2D eigenvalue weighted by molar-refractivity contribution is 0.394. The fraction of sp³-hybridized carbons (Fsp3) is 0.333. The second-order valence-corrected chi connectivity index (χ2v) is 4.58. The highest BCUT2D eigenvalue weighted by Crippen LogP contribution is 2.31. The maximum atomic E-state index is 11.0. The molecule has 1 atom stereocenters. The van der Waals surface area contributed by atoms with E-state index in [0.29, 0.717) is 11.1 Å². The first-order valence-electron chi connectivity index (χ1n) is 5.23. The summed E-state index contributed by atoms with van der Waals surface area (Å²) in [6.45, 7) is 3.56. The molecule has 2 rings (SSSR count). The highest BCUT2D eigenvalue weighted by Gasteiger charge is 2.27. The third-order valence-corrected chi connectivity index (χ3v) is 2.87.